The molecule has 0 atom stereocenters. The van der Waals surface area contributed by atoms with Gasteiger partial charge in [0.05, 0.1) is 0 Å². The average molecular weight is 235 g/mol. The van der Waals surface area contributed by atoms with Crippen molar-refractivity contribution in [3.63, 3.8) is 0 Å². The van der Waals surface area contributed by atoms with E-state index in [1.807, 2.05) is 6.92 Å². The molecule has 0 fully saturated rings. The Kier molecular flexibility index (Phi) is 18.6. The summed E-state index contributed by atoms with van der Waals surface area (Å²) in [4.78, 5) is 10.2. The molecule has 47 valence electrons. The number of ketones is 1. The van der Waals surface area contributed by atoms with Crippen LogP contribution in [-0.4, -0.2) is 5.78 Å². The first kappa shape index (κ1) is 17.0. The zero-order chi connectivity index (χ0) is 5.86. The summed E-state index contributed by atoms with van der Waals surface area (Å²) in [5.41, 5.74) is 0. The molecule has 0 N–H and O–H groups in total. The Morgan fingerprint density at radius 3 is 2.00 bits per heavy atom. The van der Waals surface area contributed by atoms with Crippen LogP contribution in [0.3, 0.4) is 0 Å². The van der Waals surface area contributed by atoms with E-state index in [2.05, 4.69) is 6.92 Å². The zero-order valence-corrected chi connectivity index (χ0v) is 12.6. The minimum Gasteiger partial charge on any atom is -0.370 e. The molecule has 0 aromatic carbocycles. The van der Waals surface area contributed by atoms with Crippen LogP contribution in [0.5, 0.6) is 0 Å². The first-order valence-corrected chi connectivity index (χ1v) is 2.37. The number of hydrogen-bond donors (Lipinski definition) is 0. The van der Waals surface area contributed by atoms with Gasteiger partial charge in [0.2, 0.25) is 0 Å². The third kappa shape index (κ3) is 9.80. The maximum atomic E-state index is 10.2. The topological polar surface area (TPSA) is 17.1 Å². The Hall–Kier alpha value is 1.80. The molecule has 0 amide bonds. The summed E-state index contributed by atoms with van der Waals surface area (Å²) < 4.78 is 0. The average Bonchev–Trinajstić information content (AvgIpc) is 1.65. The van der Waals surface area contributed by atoms with Gasteiger partial charge in [0.25, 0.3) is 0 Å². The molecular weight excluding hydrogens is 224 g/mol. The van der Waals surface area contributed by atoms with E-state index in [1.165, 1.54) is 0 Å². The minimum absolute atomic E-state index is 0. The van der Waals surface area contributed by atoms with Crippen molar-refractivity contribution in [1.29, 1.82) is 0 Å². The molecule has 0 bridgehead atoms. The molecule has 1 nitrogen and oxygen atoms in total. The summed E-state index contributed by atoms with van der Waals surface area (Å²) in [6, 6.07) is 0. The second-order valence-corrected chi connectivity index (χ2v) is 1.56. The molecule has 0 aliphatic heterocycles. The number of rotatable bonds is 2. The Morgan fingerprint density at radius 2 is 2.00 bits per heavy atom. The van der Waals surface area contributed by atoms with E-state index in [0.29, 0.717) is 0 Å². The quantitative estimate of drug-likeness (QED) is 0.526. The summed E-state index contributed by atoms with van der Waals surface area (Å²) in [6.45, 7) is 6.98. The third-order valence-electron chi connectivity index (χ3n) is 1.01. The van der Waals surface area contributed by atoms with Crippen molar-refractivity contribution in [2.24, 2.45) is 0 Å². The molecule has 0 rings (SSSR count). The van der Waals surface area contributed by atoms with Crippen molar-refractivity contribution in [3.8, 4) is 0 Å². The van der Waals surface area contributed by atoms with Gasteiger partial charge < -0.3 is 17.6 Å². The molecule has 1 radical (unpaired) electrons. The van der Waals surface area contributed by atoms with Crippen molar-refractivity contribution >= 4 is 5.78 Å². The molecule has 0 aliphatic rings. The van der Waals surface area contributed by atoms with E-state index in [4.69, 9.17) is 0 Å². The fourth-order valence-corrected chi connectivity index (χ4v) is 0.197. The molecule has 0 aromatic rings. The number of hydrogen-bond acceptors (Lipinski definition) is 1. The molecule has 0 spiro atoms. The van der Waals surface area contributed by atoms with Crippen LogP contribution in [0.4, 0.5) is 0 Å². The van der Waals surface area contributed by atoms with Crippen LogP contribution in [0, 0.1) is 12.8 Å². The molecule has 0 heterocycles. The summed E-state index contributed by atoms with van der Waals surface area (Å²) in [5.74, 6) is 0.808. The van der Waals surface area contributed by atoms with Gasteiger partial charge in [-0.05, 0) is 0 Å². The van der Waals surface area contributed by atoms with E-state index >= 15 is 0 Å². The summed E-state index contributed by atoms with van der Waals surface area (Å²) in [7, 11) is 0. The van der Waals surface area contributed by atoms with Crippen molar-refractivity contribution in [2.45, 2.75) is 20.3 Å². The van der Waals surface area contributed by atoms with Crippen molar-refractivity contribution in [2.75, 3.05) is 0 Å². The maximum Gasteiger partial charge on any atom is 1.00 e. The molecule has 0 aromatic heterocycles. The zero-order valence-electron chi connectivity index (χ0n) is 6.27. The molecule has 0 saturated carbocycles. The van der Waals surface area contributed by atoms with Crippen LogP contribution in [0.2, 0.25) is 0 Å². The second kappa shape index (κ2) is 9.80. The van der Waals surface area contributed by atoms with Crippen molar-refractivity contribution in [3.05, 3.63) is 12.8 Å². The Labute approximate surface area is 118 Å². The van der Waals surface area contributed by atoms with E-state index in [-0.39, 0.29) is 82.5 Å². The number of Topliss-reactive ketones (excluding diaryl/α,β-unsaturated/α-hetero) is 1. The van der Waals surface area contributed by atoms with Gasteiger partial charge in [-0.25, -0.2) is 0 Å². The Morgan fingerprint density at radius 1 is 1.67 bits per heavy atom. The molecule has 9 heavy (non-hydrogen) atoms. The summed E-state index contributed by atoms with van der Waals surface area (Å²) in [6.07, 6.45) is 0.822. The van der Waals surface area contributed by atoms with Gasteiger partial charge in [-0.3, -0.25) is 0 Å². The monoisotopic (exact) mass is 234 g/mol. The molecule has 3 heteroatoms. The Bertz CT molecular complexity index is 75.5. The summed E-state index contributed by atoms with van der Waals surface area (Å²) >= 11 is 0. The van der Waals surface area contributed by atoms with Crippen LogP contribution >= 0.6 is 0 Å². The predicted molar refractivity (Wildman–Crippen MR) is 29.6 cm³/mol. The van der Waals surface area contributed by atoms with Crippen LogP contribution < -0.4 is 58.2 Å². The fourth-order valence-electron chi connectivity index (χ4n) is 0.197. The molecule has 0 aliphatic carbocycles. The van der Waals surface area contributed by atoms with Gasteiger partial charge in [-0.15, -0.1) is 5.78 Å². The van der Waals surface area contributed by atoms with Crippen LogP contribution in [0.25, 0.3) is 0 Å². The van der Waals surface area contributed by atoms with Gasteiger partial charge in [-0.1, -0.05) is 6.92 Å². The minimum atomic E-state index is -0.0394. The molecular formula is C6H10ORbV-. The van der Waals surface area contributed by atoms with Gasteiger partial charge in [-0.2, -0.15) is 13.3 Å². The van der Waals surface area contributed by atoms with E-state index in [9.17, 15) is 4.79 Å². The van der Waals surface area contributed by atoms with Gasteiger partial charge in [0.1, 0.15) is 0 Å². The normalized spacial score (nSPS) is 6.44. The predicted octanol–water partition coefficient (Wildman–Crippen LogP) is -1.60. The standard InChI is InChI=1S/C6H10O.Rb.V/c1-4-5(2)6(3)7;;/h3-4H2,1-2H3;;/q-2;+1;. The second-order valence-electron chi connectivity index (χ2n) is 1.56. The van der Waals surface area contributed by atoms with Gasteiger partial charge >= 0.3 is 58.2 Å². The Balaban J connectivity index is -0.000000180. The first-order valence-electron chi connectivity index (χ1n) is 2.37. The van der Waals surface area contributed by atoms with Crippen LogP contribution in [0.15, 0.2) is 0 Å². The van der Waals surface area contributed by atoms with E-state index < -0.39 is 0 Å². The van der Waals surface area contributed by atoms with Crippen LogP contribution in [0.1, 0.15) is 20.3 Å². The maximum absolute atomic E-state index is 10.2. The molecule has 0 saturated heterocycles. The number of carbonyl (C=O) groups excluding carboxylic acids is 1. The third-order valence-corrected chi connectivity index (χ3v) is 1.01. The van der Waals surface area contributed by atoms with Gasteiger partial charge in [0.15, 0.2) is 0 Å². The van der Waals surface area contributed by atoms with E-state index in [0.717, 1.165) is 12.3 Å². The summed E-state index contributed by atoms with van der Waals surface area (Å²) in [5, 5.41) is 0. The van der Waals surface area contributed by atoms with E-state index in [1.54, 1.807) is 6.92 Å². The fraction of sp³-hybridized carbons (Fsp3) is 0.500. The smallest absolute Gasteiger partial charge is 0.370 e. The first-order chi connectivity index (χ1) is 3.18. The van der Waals surface area contributed by atoms with Crippen molar-refractivity contribution in [1.82, 2.24) is 0 Å². The molecule has 0 unspecified atom stereocenters. The van der Waals surface area contributed by atoms with Crippen molar-refractivity contribution < 1.29 is 81.5 Å². The largest absolute Gasteiger partial charge is 1.00 e. The van der Waals surface area contributed by atoms with Crippen LogP contribution in [-0.2, 0) is 23.4 Å². The number of carbonyl (C=O) groups is 1. The SMILES string of the molecule is [CH2-]C(=O)[C-](C)CC.[Rb+].[V]. The van der Waals surface area contributed by atoms with Gasteiger partial charge in [0, 0.05) is 18.6 Å².